The molecule has 0 aliphatic rings. The number of benzene rings is 1. The minimum atomic E-state index is -0.396. The van der Waals surface area contributed by atoms with Crippen molar-refractivity contribution in [2.45, 2.75) is 13.5 Å². The van der Waals surface area contributed by atoms with Crippen LogP contribution in [0.4, 0.5) is 11.4 Å². The van der Waals surface area contributed by atoms with Crippen molar-refractivity contribution in [3.63, 3.8) is 0 Å². The van der Waals surface area contributed by atoms with Crippen molar-refractivity contribution in [3.8, 4) is 10.7 Å². The number of nitrogens with one attached hydrogen (secondary N) is 2. The molecule has 0 unspecified atom stereocenters. The summed E-state index contributed by atoms with van der Waals surface area (Å²) >= 11 is 1.56. The van der Waals surface area contributed by atoms with E-state index < -0.39 is 4.92 Å². The maximum absolute atomic E-state index is 11.1. The summed E-state index contributed by atoms with van der Waals surface area (Å²) in [5.41, 5.74) is 1.36. The highest BCUT2D eigenvalue weighted by atomic mass is 32.1. The van der Waals surface area contributed by atoms with Crippen molar-refractivity contribution < 1.29 is 4.92 Å². The molecule has 0 saturated heterocycles. The van der Waals surface area contributed by atoms with Crippen LogP contribution in [0.3, 0.4) is 0 Å². The number of nitro groups is 1. The molecule has 22 heavy (non-hydrogen) atoms. The van der Waals surface area contributed by atoms with E-state index >= 15 is 0 Å². The number of hydrogen-bond acceptors (Lipinski definition) is 6. The number of H-pyrrole nitrogens is 1. The van der Waals surface area contributed by atoms with Gasteiger partial charge < -0.3 is 5.32 Å². The number of aromatic amines is 1. The maximum Gasteiger partial charge on any atom is 0.292 e. The highest BCUT2D eigenvalue weighted by molar-refractivity contribution is 7.13. The van der Waals surface area contributed by atoms with Crippen LogP contribution in [-0.4, -0.2) is 20.1 Å². The van der Waals surface area contributed by atoms with Gasteiger partial charge in [-0.1, -0.05) is 12.1 Å². The second-order valence-electron chi connectivity index (χ2n) is 4.71. The van der Waals surface area contributed by atoms with Crippen LogP contribution in [0.25, 0.3) is 10.7 Å². The molecule has 7 nitrogen and oxygen atoms in total. The van der Waals surface area contributed by atoms with E-state index in [2.05, 4.69) is 20.5 Å². The summed E-state index contributed by atoms with van der Waals surface area (Å²) in [5.74, 6) is 1.25. The van der Waals surface area contributed by atoms with E-state index in [0.29, 0.717) is 23.9 Å². The van der Waals surface area contributed by atoms with Gasteiger partial charge in [-0.15, -0.1) is 11.3 Å². The van der Waals surface area contributed by atoms with Crippen LogP contribution in [0.1, 0.15) is 11.4 Å². The zero-order chi connectivity index (χ0) is 15.5. The smallest absolute Gasteiger partial charge is 0.292 e. The van der Waals surface area contributed by atoms with Gasteiger partial charge in [-0.3, -0.25) is 15.2 Å². The fraction of sp³-hybridized carbons (Fsp3) is 0.143. The van der Waals surface area contributed by atoms with Crippen molar-refractivity contribution in [2.24, 2.45) is 0 Å². The number of rotatable bonds is 5. The van der Waals surface area contributed by atoms with Crippen LogP contribution in [-0.2, 0) is 6.54 Å². The lowest BCUT2D eigenvalue weighted by Gasteiger charge is -2.05. The van der Waals surface area contributed by atoms with Crippen molar-refractivity contribution in [1.82, 2.24) is 15.2 Å². The summed E-state index contributed by atoms with van der Waals surface area (Å²) in [6.45, 7) is 2.16. The van der Waals surface area contributed by atoms with Crippen LogP contribution in [0.5, 0.6) is 0 Å². The van der Waals surface area contributed by atoms with Crippen LogP contribution >= 0.6 is 11.3 Å². The van der Waals surface area contributed by atoms with Crippen molar-refractivity contribution in [1.29, 1.82) is 0 Å². The van der Waals surface area contributed by atoms with Gasteiger partial charge in [-0.05, 0) is 30.0 Å². The van der Waals surface area contributed by atoms with Gasteiger partial charge in [0, 0.05) is 6.07 Å². The van der Waals surface area contributed by atoms with Crippen molar-refractivity contribution in [3.05, 3.63) is 57.2 Å². The van der Waals surface area contributed by atoms with Crippen LogP contribution in [0, 0.1) is 17.0 Å². The number of anilines is 1. The highest BCUT2D eigenvalue weighted by Crippen LogP contribution is 2.26. The quantitative estimate of drug-likeness (QED) is 0.556. The van der Waals surface area contributed by atoms with Gasteiger partial charge in [0.15, 0.2) is 5.82 Å². The second kappa shape index (κ2) is 5.94. The molecule has 0 spiro atoms. The molecule has 0 aliphatic carbocycles. The standard InChI is InChI=1S/C14H13N5O2S/c1-9-4-5-10(11(7-9)19(20)21)15-8-13-16-14(18-17-13)12-3-2-6-22-12/h2-7,15H,8H2,1H3,(H,16,17,18). The van der Waals surface area contributed by atoms with Gasteiger partial charge in [0.1, 0.15) is 11.5 Å². The van der Waals surface area contributed by atoms with E-state index in [1.54, 1.807) is 23.5 Å². The zero-order valence-electron chi connectivity index (χ0n) is 11.7. The third-order valence-electron chi connectivity index (χ3n) is 3.07. The average molecular weight is 315 g/mol. The third-order valence-corrected chi connectivity index (χ3v) is 3.94. The first-order valence-electron chi connectivity index (χ1n) is 6.57. The van der Waals surface area contributed by atoms with E-state index in [1.807, 2.05) is 30.5 Å². The Labute approximate surface area is 130 Å². The molecule has 1 aromatic carbocycles. The van der Waals surface area contributed by atoms with Gasteiger partial charge in [-0.2, -0.15) is 5.10 Å². The van der Waals surface area contributed by atoms with E-state index in [4.69, 9.17) is 0 Å². The minimum absolute atomic E-state index is 0.0537. The second-order valence-corrected chi connectivity index (χ2v) is 5.66. The lowest BCUT2D eigenvalue weighted by Crippen LogP contribution is -2.04. The van der Waals surface area contributed by atoms with Gasteiger partial charge in [0.2, 0.25) is 0 Å². The molecule has 0 aliphatic heterocycles. The van der Waals surface area contributed by atoms with Gasteiger partial charge >= 0.3 is 0 Å². The van der Waals surface area contributed by atoms with Gasteiger partial charge in [-0.25, -0.2) is 4.98 Å². The Morgan fingerprint density at radius 2 is 2.27 bits per heavy atom. The molecule has 2 aromatic heterocycles. The number of thiophene rings is 1. The lowest BCUT2D eigenvalue weighted by molar-refractivity contribution is -0.384. The van der Waals surface area contributed by atoms with Gasteiger partial charge in [0.05, 0.1) is 16.3 Å². The largest absolute Gasteiger partial charge is 0.372 e. The van der Waals surface area contributed by atoms with Crippen molar-refractivity contribution >= 4 is 22.7 Å². The molecule has 112 valence electrons. The molecule has 0 amide bonds. The molecule has 8 heteroatoms. The Balaban J connectivity index is 1.74. The Kier molecular flexibility index (Phi) is 3.84. The van der Waals surface area contributed by atoms with Gasteiger partial charge in [0.25, 0.3) is 5.69 Å². The van der Waals surface area contributed by atoms with E-state index in [0.717, 1.165) is 10.4 Å². The summed E-state index contributed by atoms with van der Waals surface area (Å²) in [5, 5.41) is 23.0. The highest BCUT2D eigenvalue weighted by Gasteiger charge is 2.14. The number of nitrogens with zero attached hydrogens (tertiary/aromatic N) is 3. The fourth-order valence-corrected chi connectivity index (χ4v) is 2.67. The fourth-order valence-electron chi connectivity index (χ4n) is 2.01. The normalized spacial score (nSPS) is 10.6. The first kappa shape index (κ1) is 14.2. The van der Waals surface area contributed by atoms with E-state index in [1.165, 1.54) is 0 Å². The Hall–Kier alpha value is -2.74. The maximum atomic E-state index is 11.1. The predicted octanol–water partition coefficient (Wildman–Crippen LogP) is 3.36. The van der Waals surface area contributed by atoms with Crippen LogP contribution in [0.2, 0.25) is 0 Å². The summed E-state index contributed by atoms with van der Waals surface area (Å²) in [6.07, 6.45) is 0. The zero-order valence-corrected chi connectivity index (χ0v) is 12.6. The molecule has 0 saturated carbocycles. The molecular weight excluding hydrogens is 302 g/mol. The monoisotopic (exact) mass is 315 g/mol. The lowest BCUT2D eigenvalue weighted by atomic mass is 10.2. The first-order chi connectivity index (χ1) is 10.6. The summed E-state index contributed by atoms with van der Waals surface area (Å²) in [7, 11) is 0. The average Bonchev–Trinajstić information content (AvgIpc) is 3.16. The third kappa shape index (κ3) is 2.96. The predicted molar refractivity (Wildman–Crippen MR) is 84.9 cm³/mol. The number of aryl methyl sites for hydroxylation is 1. The SMILES string of the molecule is Cc1ccc(NCc2nc(-c3cccs3)n[nH]2)c([N+](=O)[O-])c1. The Morgan fingerprint density at radius 1 is 1.41 bits per heavy atom. The molecule has 3 aromatic rings. The summed E-state index contributed by atoms with van der Waals surface area (Å²) < 4.78 is 0. The summed E-state index contributed by atoms with van der Waals surface area (Å²) in [6, 6.07) is 8.94. The van der Waals surface area contributed by atoms with Crippen molar-refractivity contribution in [2.75, 3.05) is 5.32 Å². The summed E-state index contributed by atoms with van der Waals surface area (Å²) in [4.78, 5) is 16.0. The molecule has 0 bridgehead atoms. The topological polar surface area (TPSA) is 96.7 Å². The number of aromatic nitrogens is 3. The first-order valence-corrected chi connectivity index (χ1v) is 7.45. The molecule has 2 N–H and O–H groups in total. The molecule has 0 radical (unpaired) electrons. The minimum Gasteiger partial charge on any atom is -0.372 e. The van der Waals surface area contributed by atoms with Crippen LogP contribution < -0.4 is 5.32 Å². The van der Waals surface area contributed by atoms with Crippen LogP contribution in [0.15, 0.2) is 35.7 Å². The Bertz CT molecular complexity index is 797. The molecule has 3 rings (SSSR count). The van der Waals surface area contributed by atoms with E-state index in [-0.39, 0.29) is 5.69 Å². The molecule has 2 heterocycles. The molecular formula is C14H13N5O2S. The molecule has 0 atom stereocenters. The number of hydrogen-bond donors (Lipinski definition) is 2. The van der Waals surface area contributed by atoms with E-state index in [9.17, 15) is 10.1 Å². The Morgan fingerprint density at radius 3 is 3.00 bits per heavy atom. The molecule has 0 fully saturated rings. The number of nitro benzene ring substituents is 1.